The number of hydrogen-bond acceptors (Lipinski definition) is 2. The number of nitrogens with zero attached hydrogens (tertiary/aromatic N) is 1. The van der Waals surface area contributed by atoms with Gasteiger partial charge in [0.25, 0.3) is 0 Å². The molecule has 3 nitrogen and oxygen atoms in total. The van der Waals surface area contributed by atoms with Crippen LogP contribution in [0.2, 0.25) is 0 Å². The zero-order chi connectivity index (χ0) is 12.2. The minimum atomic E-state index is -0.357. The summed E-state index contributed by atoms with van der Waals surface area (Å²) in [6.07, 6.45) is 0.896. The molecule has 2 aliphatic heterocycles. The van der Waals surface area contributed by atoms with Crippen LogP contribution in [0.4, 0.5) is 0 Å². The highest BCUT2D eigenvalue weighted by molar-refractivity contribution is 9.10. The molecule has 3 rings (SSSR count). The maximum atomic E-state index is 6.16. The van der Waals surface area contributed by atoms with E-state index in [9.17, 15) is 0 Å². The first-order valence-electron chi connectivity index (χ1n) is 5.53. The second kappa shape index (κ2) is 3.59. The molecule has 1 aromatic carbocycles. The van der Waals surface area contributed by atoms with Gasteiger partial charge in [0, 0.05) is 19.0 Å². The normalized spacial score (nSPS) is 30.4. The molecule has 1 aromatic rings. The zero-order valence-corrected chi connectivity index (χ0v) is 12.1. The first kappa shape index (κ1) is 11.3. The molecule has 0 aromatic heterocycles. The van der Waals surface area contributed by atoms with Gasteiger partial charge in [0.1, 0.15) is 5.75 Å². The van der Waals surface area contributed by atoms with Crippen LogP contribution in [0, 0.1) is 0 Å². The summed E-state index contributed by atoms with van der Waals surface area (Å²) in [6, 6.07) is 6.36. The van der Waals surface area contributed by atoms with Crippen LogP contribution >= 0.6 is 28.1 Å². The maximum Gasteiger partial charge on any atom is 0.184 e. The molecule has 5 heteroatoms. The van der Waals surface area contributed by atoms with Crippen molar-refractivity contribution in [1.29, 1.82) is 0 Å². The van der Waals surface area contributed by atoms with E-state index < -0.39 is 0 Å². The van der Waals surface area contributed by atoms with Crippen LogP contribution in [0.1, 0.15) is 24.9 Å². The highest BCUT2D eigenvalue weighted by Crippen LogP contribution is 2.46. The number of para-hydroxylation sites is 1. The van der Waals surface area contributed by atoms with Crippen LogP contribution in [-0.4, -0.2) is 22.8 Å². The number of ether oxygens (including phenoxy) is 1. The van der Waals surface area contributed by atoms with Crippen LogP contribution in [0.3, 0.4) is 0 Å². The molecule has 0 aliphatic carbocycles. The SMILES string of the molecule is CN1C(=S)NC2CC1(C)Oc1c(Br)cccc12. The third-order valence-corrected chi connectivity index (χ3v) is 4.61. The van der Waals surface area contributed by atoms with Gasteiger partial charge in [-0.2, -0.15) is 0 Å². The van der Waals surface area contributed by atoms with Gasteiger partial charge in [-0.25, -0.2) is 0 Å². The van der Waals surface area contributed by atoms with Crippen molar-refractivity contribution in [2.75, 3.05) is 7.05 Å². The molecule has 2 heterocycles. The van der Waals surface area contributed by atoms with E-state index in [2.05, 4.69) is 34.2 Å². The average molecular weight is 313 g/mol. The Bertz CT molecular complexity index is 507. The lowest BCUT2D eigenvalue weighted by Gasteiger charge is -2.51. The number of rotatable bonds is 0. The van der Waals surface area contributed by atoms with E-state index in [0.717, 1.165) is 21.8 Å². The van der Waals surface area contributed by atoms with Crippen LogP contribution in [-0.2, 0) is 0 Å². The second-order valence-electron chi connectivity index (χ2n) is 4.70. The summed E-state index contributed by atoms with van der Waals surface area (Å²) in [7, 11) is 1.97. The first-order chi connectivity index (χ1) is 8.01. The molecule has 1 saturated heterocycles. The molecule has 2 unspecified atom stereocenters. The number of fused-ring (bicyclic) bond motifs is 4. The van der Waals surface area contributed by atoms with Crippen molar-refractivity contribution in [3.05, 3.63) is 28.2 Å². The molecule has 2 bridgehead atoms. The molecule has 1 N–H and O–H groups in total. The highest BCUT2D eigenvalue weighted by atomic mass is 79.9. The van der Waals surface area contributed by atoms with Gasteiger partial charge >= 0.3 is 0 Å². The Kier molecular flexibility index (Phi) is 2.38. The fraction of sp³-hybridized carbons (Fsp3) is 0.417. The molecule has 0 spiro atoms. The van der Waals surface area contributed by atoms with Crippen molar-refractivity contribution in [1.82, 2.24) is 10.2 Å². The van der Waals surface area contributed by atoms with Gasteiger partial charge in [-0.1, -0.05) is 12.1 Å². The zero-order valence-electron chi connectivity index (χ0n) is 9.66. The monoisotopic (exact) mass is 312 g/mol. The van der Waals surface area contributed by atoms with Crippen LogP contribution < -0.4 is 10.1 Å². The van der Waals surface area contributed by atoms with Crippen molar-refractivity contribution in [3.8, 4) is 5.75 Å². The van der Waals surface area contributed by atoms with Gasteiger partial charge in [0.15, 0.2) is 10.8 Å². The Hall–Kier alpha value is -0.810. The first-order valence-corrected chi connectivity index (χ1v) is 6.73. The third kappa shape index (κ3) is 1.56. The average Bonchev–Trinajstić information content (AvgIpc) is 2.28. The summed E-state index contributed by atoms with van der Waals surface area (Å²) < 4.78 is 7.15. The van der Waals surface area contributed by atoms with Crippen LogP contribution in [0.15, 0.2) is 22.7 Å². The van der Waals surface area contributed by atoms with E-state index in [1.165, 1.54) is 5.56 Å². The van der Waals surface area contributed by atoms with Gasteiger partial charge in [0.2, 0.25) is 0 Å². The summed E-state index contributed by atoms with van der Waals surface area (Å²) in [6.45, 7) is 2.08. The molecular formula is C12H13BrN2OS. The number of thiocarbonyl (C=S) groups is 1. The van der Waals surface area contributed by atoms with E-state index in [-0.39, 0.29) is 11.8 Å². The van der Waals surface area contributed by atoms with Gasteiger partial charge in [-0.05, 0) is 41.1 Å². The summed E-state index contributed by atoms with van der Waals surface area (Å²) in [5.41, 5.74) is 0.816. The largest absolute Gasteiger partial charge is 0.467 e. The Morgan fingerprint density at radius 3 is 3.12 bits per heavy atom. The predicted octanol–water partition coefficient (Wildman–Crippen LogP) is 2.81. The Morgan fingerprint density at radius 2 is 2.35 bits per heavy atom. The van der Waals surface area contributed by atoms with Crippen molar-refractivity contribution in [2.45, 2.75) is 25.1 Å². The lowest BCUT2D eigenvalue weighted by atomic mass is 9.91. The molecule has 17 heavy (non-hydrogen) atoms. The Morgan fingerprint density at radius 1 is 1.59 bits per heavy atom. The predicted molar refractivity (Wildman–Crippen MR) is 74.0 cm³/mol. The van der Waals surface area contributed by atoms with E-state index in [0.29, 0.717) is 0 Å². The van der Waals surface area contributed by atoms with Gasteiger partial charge in [-0.15, -0.1) is 0 Å². The van der Waals surface area contributed by atoms with E-state index in [4.69, 9.17) is 17.0 Å². The molecule has 0 saturated carbocycles. The molecule has 2 atom stereocenters. The summed E-state index contributed by atoms with van der Waals surface area (Å²) in [5.74, 6) is 0.924. The number of benzene rings is 1. The Balaban J connectivity index is 2.15. The van der Waals surface area contributed by atoms with Crippen molar-refractivity contribution in [3.63, 3.8) is 0 Å². The van der Waals surface area contributed by atoms with Crippen molar-refractivity contribution >= 4 is 33.3 Å². The number of halogens is 1. The lowest BCUT2D eigenvalue weighted by Crippen LogP contribution is -2.63. The molecule has 0 amide bonds. The highest BCUT2D eigenvalue weighted by Gasteiger charge is 2.46. The smallest absolute Gasteiger partial charge is 0.184 e. The van der Waals surface area contributed by atoms with Gasteiger partial charge < -0.3 is 15.0 Å². The minimum Gasteiger partial charge on any atom is -0.467 e. The van der Waals surface area contributed by atoms with Crippen LogP contribution in [0.25, 0.3) is 0 Å². The summed E-state index contributed by atoms with van der Waals surface area (Å²) in [4.78, 5) is 1.99. The van der Waals surface area contributed by atoms with E-state index >= 15 is 0 Å². The number of nitrogens with one attached hydrogen (secondary N) is 1. The van der Waals surface area contributed by atoms with E-state index in [1.807, 2.05) is 24.1 Å². The summed E-state index contributed by atoms with van der Waals surface area (Å²) in [5, 5.41) is 4.11. The minimum absolute atomic E-state index is 0.241. The second-order valence-corrected chi connectivity index (χ2v) is 5.94. The summed E-state index contributed by atoms with van der Waals surface area (Å²) >= 11 is 8.88. The van der Waals surface area contributed by atoms with Gasteiger partial charge in [0.05, 0.1) is 10.5 Å². The van der Waals surface area contributed by atoms with Crippen molar-refractivity contribution < 1.29 is 4.74 Å². The standard InChI is InChI=1S/C12H13BrN2OS/c1-12-6-9(14-11(17)15(12)2)7-4-3-5-8(13)10(7)16-12/h3-5,9H,6H2,1-2H3,(H,14,17). The topological polar surface area (TPSA) is 24.5 Å². The van der Waals surface area contributed by atoms with Crippen molar-refractivity contribution in [2.24, 2.45) is 0 Å². The number of hydrogen-bond donors (Lipinski definition) is 1. The molecular weight excluding hydrogens is 300 g/mol. The third-order valence-electron chi connectivity index (χ3n) is 3.59. The van der Waals surface area contributed by atoms with Crippen LogP contribution in [0.5, 0.6) is 5.75 Å². The lowest BCUT2D eigenvalue weighted by molar-refractivity contribution is -0.0568. The molecule has 2 aliphatic rings. The fourth-order valence-electron chi connectivity index (χ4n) is 2.45. The molecule has 0 radical (unpaired) electrons. The van der Waals surface area contributed by atoms with E-state index in [1.54, 1.807) is 0 Å². The van der Waals surface area contributed by atoms with Gasteiger partial charge in [-0.3, -0.25) is 0 Å². The Labute approximate surface area is 114 Å². The quantitative estimate of drug-likeness (QED) is 0.745. The maximum absolute atomic E-state index is 6.16. The molecule has 1 fully saturated rings. The fourth-order valence-corrected chi connectivity index (χ4v) is 3.25. The molecule has 90 valence electrons.